The third-order valence-electron chi connectivity index (χ3n) is 4.04. The van der Waals surface area contributed by atoms with Crippen molar-refractivity contribution >= 4 is 41.5 Å². The molecule has 0 bridgehead atoms. The average Bonchev–Trinajstić information content (AvgIpc) is 3.36. The quantitative estimate of drug-likeness (QED) is 0.239. The van der Waals surface area contributed by atoms with Crippen LogP contribution in [0.1, 0.15) is 18.7 Å². The monoisotopic (exact) mass is 521 g/mol. The second-order valence-electron chi connectivity index (χ2n) is 6.08. The molecule has 1 aromatic heterocycles. The van der Waals surface area contributed by atoms with Crippen molar-refractivity contribution in [2.75, 3.05) is 33.4 Å². The fraction of sp³-hybridized carbons (Fsp3) is 0.500. The molecule has 0 spiro atoms. The number of halogens is 2. The summed E-state index contributed by atoms with van der Waals surface area (Å²) in [6.07, 6.45) is 2.11. The van der Waals surface area contributed by atoms with Gasteiger partial charge in [0.15, 0.2) is 5.96 Å². The molecule has 10 heteroatoms. The van der Waals surface area contributed by atoms with Gasteiger partial charge in [-0.2, -0.15) is 4.98 Å². The maximum absolute atomic E-state index is 5.99. The summed E-state index contributed by atoms with van der Waals surface area (Å²) in [5, 5.41) is 11.0. The first-order valence-electron chi connectivity index (χ1n) is 8.97. The Kier molecular flexibility index (Phi) is 9.96. The Bertz CT molecular complexity index is 752. The first-order chi connectivity index (χ1) is 13.2. The number of nitrogens with zero attached hydrogens (tertiary/aromatic N) is 3. The second kappa shape index (κ2) is 12.2. The Balaban J connectivity index is 0.00000280. The van der Waals surface area contributed by atoms with Crippen LogP contribution in [0.15, 0.2) is 33.8 Å². The number of benzene rings is 1. The van der Waals surface area contributed by atoms with E-state index in [4.69, 9.17) is 25.6 Å². The van der Waals surface area contributed by atoms with Gasteiger partial charge < -0.3 is 24.6 Å². The summed E-state index contributed by atoms with van der Waals surface area (Å²) in [5.74, 6) is 1.64. The third kappa shape index (κ3) is 7.19. The molecular weight excluding hydrogens is 497 g/mol. The number of rotatable bonds is 8. The summed E-state index contributed by atoms with van der Waals surface area (Å²) >= 11 is 5.99. The molecule has 3 rings (SSSR count). The van der Waals surface area contributed by atoms with Crippen LogP contribution in [0.3, 0.4) is 0 Å². The lowest BCUT2D eigenvalue weighted by Crippen LogP contribution is -2.37. The van der Waals surface area contributed by atoms with E-state index < -0.39 is 0 Å². The van der Waals surface area contributed by atoms with Gasteiger partial charge in [-0.05, 0) is 25.0 Å². The molecule has 0 aliphatic carbocycles. The minimum absolute atomic E-state index is 0. The van der Waals surface area contributed by atoms with Crippen LogP contribution in [-0.2, 0) is 16.0 Å². The van der Waals surface area contributed by atoms with Gasteiger partial charge in [0.1, 0.15) is 0 Å². The normalized spacial score (nSPS) is 16.6. The van der Waals surface area contributed by atoms with E-state index in [1.807, 2.05) is 12.1 Å². The van der Waals surface area contributed by atoms with Gasteiger partial charge in [0.25, 0.3) is 0 Å². The minimum Gasteiger partial charge on any atom is -0.379 e. The van der Waals surface area contributed by atoms with E-state index in [1.54, 1.807) is 19.2 Å². The highest BCUT2D eigenvalue weighted by atomic mass is 127. The van der Waals surface area contributed by atoms with Crippen molar-refractivity contribution in [1.82, 2.24) is 20.8 Å². The van der Waals surface area contributed by atoms with Crippen LogP contribution in [0.2, 0.25) is 5.02 Å². The standard InChI is InChI=1S/C18H24ClN5O3.HI/c1-20-18(21-7-3-8-26-15-6-9-25-12-15)22-11-16-23-17(24-27-16)13-4-2-5-14(19)10-13;/h2,4-5,10,15H,3,6-9,11-12H2,1H3,(H2,20,21,22);1H. The highest BCUT2D eigenvalue weighted by Crippen LogP contribution is 2.19. The fourth-order valence-electron chi connectivity index (χ4n) is 2.62. The average molecular weight is 522 g/mol. The number of aromatic nitrogens is 2. The van der Waals surface area contributed by atoms with Crippen molar-refractivity contribution in [3.05, 3.63) is 35.2 Å². The Morgan fingerprint density at radius 1 is 1.39 bits per heavy atom. The molecule has 1 saturated heterocycles. The summed E-state index contributed by atoms with van der Waals surface area (Å²) in [4.78, 5) is 8.55. The number of hydrogen-bond donors (Lipinski definition) is 2. The first-order valence-corrected chi connectivity index (χ1v) is 9.35. The highest BCUT2D eigenvalue weighted by molar-refractivity contribution is 14.0. The van der Waals surface area contributed by atoms with E-state index in [0.717, 1.165) is 31.6 Å². The maximum Gasteiger partial charge on any atom is 0.246 e. The lowest BCUT2D eigenvalue weighted by atomic mass is 10.2. The molecule has 1 aliphatic rings. The summed E-state index contributed by atoms with van der Waals surface area (Å²) in [5.41, 5.74) is 0.813. The van der Waals surface area contributed by atoms with E-state index in [0.29, 0.717) is 42.5 Å². The molecule has 1 unspecified atom stereocenters. The summed E-state index contributed by atoms with van der Waals surface area (Å²) in [7, 11) is 1.72. The van der Waals surface area contributed by atoms with Crippen LogP contribution in [0, 0.1) is 0 Å². The van der Waals surface area contributed by atoms with Crippen LogP contribution in [0.5, 0.6) is 0 Å². The van der Waals surface area contributed by atoms with E-state index in [9.17, 15) is 0 Å². The number of ether oxygens (including phenoxy) is 2. The van der Waals surface area contributed by atoms with E-state index in [-0.39, 0.29) is 30.1 Å². The van der Waals surface area contributed by atoms with Crippen molar-refractivity contribution in [3.63, 3.8) is 0 Å². The molecule has 2 N–H and O–H groups in total. The van der Waals surface area contributed by atoms with Crippen molar-refractivity contribution in [1.29, 1.82) is 0 Å². The van der Waals surface area contributed by atoms with Gasteiger partial charge in [-0.25, -0.2) is 0 Å². The zero-order valence-corrected chi connectivity index (χ0v) is 18.8. The van der Waals surface area contributed by atoms with Crippen LogP contribution in [0.4, 0.5) is 0 Å². The SMILES string of the molecule is CN=C(NCCCOC1CCOC1)NCc1nc(-c2cccc(Cl)c2)no1.I. The molecule has 8 nitrogen and oxygen atoms in total. The fourth-order valence-corrected chi connectivity index (χ4v) is 2.82. The molecule has 0 amide bonds. The molecule has 1 aromatic carbocycles. The molecule has 0 radical (unpaired) electrons. The largest absolute Gasteiger partial charge is 0.379 e. The van der Waals surface area contributed by atoms with Gasteiger partial charge in [-0.3, -0.25) is 4.99 Å². The van der Waals surface area contributed by atoms with Crippen LogP contribution in [-0.4, -0.2) is 55.6 Å². The number of nitrogens with one attached hydrogen (secondary N) is 2. The molecule has 1 atom stereocenters. The van der Waals surface area contributed by atoms with Gasteiger partial charge >= 0.3 is 0 Å². The zero-order valence-electron chi connectivity index (χ0n) is 15.7. The van der Waals surface area contributed by atoms with Crippen molar-refractivity contribution < 1.29 is 14.0 Å². The minimum atomic E-state index is 0. The van der Waals surface area contributed by atoms with E-state index in [2.05, 4.69) is 25.8 Å². The van der Waals surface area contributed by atoms with Gasteiger partial charge in [0, 0.05) is 37.4 Å². The molecule has 2 aromatic rings. The van der Waals surface area contributed by atoms with E-state index >= 15 is 0 Å². The lowest BCUT2D eigenvalue weighted by Gasteiger charge is -2.12. The molecule has 154 valence electrons. The maximum atomic E-state index is 5.99. The molecule has 2 heterocycles. The van der Waals surface area contributed by atoms with Crippen molar-refractivity contribution in [2.45, 2.75) is 25.5 Å². The van der Waals surface area contributed by atoms with Gasteiger partial charge in [0.05, 0.1) is 19.3 Å². The van der Waals surface area contributed by atoms with Gasteiger partial charge in [0.2, 0.25) is 11.7 Å². The molecule has 1 aliphatic heterocycles. The second-order valence-corrected chi connectivity index (χ2v) is 6.52. The Morgan fingerprint density at radius 2 is 2.29 bits per heavy atom. The number of hydrogen-bond acceptors (Lipinski definition) is 6. The smallest absolute Gasteiger partial charge is 0.246 e. The van der Waals surface area contributed by atoms with Crippen LogP contribution in [0.25, 0.3) is 11.4 Å². The topological polar surface area (TPSA) is 93.8 Å². The summed E-state index contributed by atoms with van der Waals surface area (Å²) < 4.78 is 16.3. The molecule has 1 fully saturated rings. The summed E-state index contributed by atoms with van der Waals surface area (Å²) in [6.45, 7) is 3.34. The first kappa shape index (κ1) is 22.9. The molecule has 0 saturated carbocycles. The lowest BCUT2D eigenvalue weighted by molar-refractivity contribution is 0.0420. The van der Waals surface area contributed by atoms with Gasteiger partial charge in [-0.15, -0.1) is 24.0 Å². The van der Waals surface area contributed by atoms with E-state index in [1.165, 1.54) is 0 Å². The third-order valence-corrected chi connectivity index (χ3v) is 4.27. The molecular formula is C18H25ClIN5O3. The highest BCUT2D eigenvalue weighted by Gasteiger charge is 2.15. The van der Waals surface area contributed by atoms with Crippen molar-refractivity contribution in [3.8, 4) is 11.4 Å². The summed E-state index contributed by atoms with van der Waals surface area (Å²) in [6, 6.07) is 7.33. The predicted octanol–water partition coefficient (Wildman–Crippen LogP) is 2.87. The van der Waals surface area contributed by atoms with Crippen molar-refractivity contribution in [2.24, 2.45) is 4.99 Å². The van der Waals surface area contributed by atoms with Crippen LogP contribution < -0.4 is 10.6 Å². The number of aliphatic imine (C=N–C) groups is 1. The number of guanidine groups is 1. The zero-order chi connectivity index (χ0) is 18.9. The van der Waals surface area contributed by atoms with Gasteiger partial charge in [-0.1, -0.05) is 28.9 Å². The Morgan fingerprint density at radius 3 is 3.04 bits per heavy atom. The van der Waals surface area contributed by atoms with Crippen LogP contribution >= 0.6 is 35.6 Å². The predicted molar refractivity (Wildman–Crippen MR) is 118 cm³/mol. The Hall–Kier alpha value is -1.43. The Labute approximate surface area is 186 Å². The molecule has 28 heavy (non-hydrogen) atoms.